The third kappa shape index (κ3) is 8.43. The molecule has 0 radical (unpaired) electrons. The van der Waals surface area contributed by atoms with Gasteiger partial charge in [-0.05, 0) is 63.2 Å². The Morgan fingerprint density at radius 2 is 1.70 bits per heavy atom. The van der Waals surface area contributed by atoms with Crippen molar-refractivity contribution in [3.8, 4) is 0 Å². The molecule has 1 aliphatic rings. The van der Waals surface area contributed by atoms with Crippen LogP contribution in [0, 0.1) is 5.41 Å². The Labute approximate surface area is 183 Å². The number of rotatable bonds is 8. The van der Waals surface area contributed by atoms with Gasteiger partial charge >= 0.3 is 0 Å². The first-order valence-corrected chi connectivity index (χ1v) is 10.7. The van der Waals surface area contributed by atoms with Crippen molar-refractivity contribution in [2.24, 2.45) is 5.41 Å². The van der Waals surface area contributed by atoms with Crippen LogP contribution >= 0.6 is 0 Å². The van der Waals surface area contributed by atoms with Crippen molar-refractivity contribution in [3.05, 3.63) is 83.6 Å². The Balaban J connectivity index is 2.84. The molecule has 3 nitrogen and oxygen atoms in total. The Morgan fingerprint density at radius 3 is 2.30 bits per heavy atom. The zero-order chi connectivity index (χ0) is 22.9. The quantitative estimate of drug-likeness (QED) is 0.352. The second kappa shape index (κ2) is 11.5. The molecule has 0 spiro atoms. The summed E-state index contributed by atoms with van der Waals surface area (Å²) in [7, 11) is 0. The fraction of sp³-hybridized carbons (Fsp3) is 0.481. The zero-order valence-electron chi connectivity index (χ0n) is 19.5. The van der Waals surface area contributed by atoms with Crippen molar-refractivity contribution >= 4 is 0 Å². The zero-order valence-corrected chi connectivity index (χ0v) is 19.5. The van der Waals surface area contributed by atoms with Crippen LogP contribution in [-0.4, -0.2) is 33.1 Å². The van der Waals surface area contributed by atoms with Gasteiger partial charge in [-0.3, -0.25) is 0 Å². The summed E-state index contributed by atoms with van der Waals surface area (Å²) in [6.45, 7) is 15.4. The Bertz CT molecular complexity index is 750. The molecular formula is C27H40O3. The number of hydrogen-bond acceptors (Lipinski definition) is 3. The molecule has 0 bridgehead atoms. The van der Waals surface area contributed by atoms with Gasteiger partial charge in [0, 0.05) is 6.42 Å². The molecule has 0 aromatic rings. The molecule has 3 atom stereocenters. The number of aliphatic hydroxyl groups excluding tert-OH is 2. The molecule has 0 aliphatic heterocycles. The first-order valence-electron chi connectivity index (χ1n) is 10.7. The fourth-order valence-electron chi connectivity index (χ4n) is 3.99. The van der Waals surface area contributed by atoms with Crippen molar-refractivity contribution in [2.75, 3.05) is 0 Å². The van der Waals surface area contributed by atoms with E-state index in [4.69, 9.17) is 0 Å². The molecule has 3 unspecified atom stereocenters. The van der Waals surface area contributed by atoms with Gasteiger partial charge in [-0.2, -0.15) is 0 Å². The number of allylic oxidation sites excluding steroid dienone is 10. The molecule has 3 heteroatoms. The van der Waals surface area contributed by atoms with Crippen LogP contribution in [0.3, 0.4) is 0 Å². The van der Waals surface area contributed by atoms with E-state index >= 15 is 0 Å². The molecule has 1 aliphatic carbocycles. The molecule has 1 saturated carbocycles. The molecule has 1 rings (SSSR count). The minimum Gasteiger partial charge on any atom is -0.393 e. The van der Waals surface area contributed by atoms with E-state index < -0.39 is 17.8 Å². The highest BCUT2D eigenvalue weighted by atomic mass is 16.3. The lowest BCUT2D eigenvalue weighted by Gasteiger charge is -2.45. The van der Waals surface area contributed by atoms with Gasteiger partial charge in [0.1, 0.15) is 0 Å². The summed E-state index contributed by atoms with van der Waals surface area (Å²) in [5, 5.41) is 31.5. The lowest BCUT2D eigenvalue weighted by atomic mass is 9.64. The minimum absolute atomic E-state index is 0.289. The van der Waals surface area contributed by atoms with E-state index in [1.165, 1.54) is 5.57 Å². The molecular weight excluding hydrogens is 372 g/mol. The summed E-state index contributed by atoms with van der Waals surface area (Å²) in [4.78, 5) is 0. The van der Waals surface area contributed by atoms with E-state index in [2.05, 4.69) is 19.6 Å². The fourth-order valence-corrected chi connectivity index (χ4v) is 3.99. The van der Waals surface area contributed by atoms with Crippen LogP contribution in [0.25, 0.3) is 0 Å². The van der Waals surface area contributed by atoms with Crippen LogP contribution in [0.15, 0.2) is 83.6 Å². The van der Waals surface area contributed by atoms with Crippen molar-refractivity contribution in [2.45, 2.75) is 78.6 Å². The molecule has 30 heavy (non-hydrogen) atoms. The van der Waals surface area contributed by atoms with Gasteiger partial charge in [-0.1, -0.05) is 73.6 Å². The van der Waals surface area contributed by atoms with Crippen LogP contribution in [0.1, 0.15) is 60.8 Å². The van der Waals surface area contributed by atoms with Crippen molar-refractivity contribution in [1.82, 2.24) is 0 Å². The summed E-state index contributed by atoms with van der Waals surface area (Å²) in [6.07, 6.45) is 18.0. The van der Waals surface area contributed by atoms with Crippen LogP contribution in [0.4, 0.5) is 0 Å². The van der Waals surface area contributed by atoms with Crippen LogP contribution < -0.4 is 0 Å². The van der Waals surface area contributed by atoms with E-state index in [0.29, 0.717) is 6.42 Å². The summed E-state index contributed by atoms with van der Waals surface area (Å²) in [5.41, 5.74) is 2.45. The van der Waals surface area contributed by atoms with E-state index in [0.717, 1.165) is 23.1 Å². The highest BCUT2D eigenvalue weighted by Gasteiger charge is 2.44. The summed E-state index contributed by atoms with van der Waals surface area (Å²) in [5.74, 6) is 0. The summed E-state index contributed by atoms with van der Waals surface area (Å²) >= 11 is 0. The van der Waals surface area contributed by atoms with Crippen LogP contribution in [0.5, 0.6) is 0 Å². The average Bonchev–Trinajstić information content (AvgIpc) is 2.60. The molecule has 166 valence electrons. The van der Waals surface area contributed by atoms with Crippen LogP contribution in [-0.2, 0) is 0 Å². The van der Waals surface area contributed by atoms with Gasteiger partial charge in [0.05, 0.1) is 17.8 Å². The van der Waals surface area contributed by atoms with Gasteiger partial charge in [0.25, 0.3) is 0 Å². The molecule has 0 heterocycles. The smallest absolute Gasteiger partial charge is 0.0936 e. The Kier molecular flexibility index (Phi) is 9.96. The van der Waals surface area contributed by atoms with Crippen molar-refractivity contribution in [1.29, 1.82) is 0 Å². The van der Waals surface area contributed by atoms with E-state index in [9.17, 15) is 15.3 Å². The SMILES string of the molecule is C=CC/C(C)=C/C=C/C=C(C)/C=C/C=C(\C)C(O)/C=C1/C(C)(C)CC(O)CC1(C)O. The molecule has 0 aromatic heterocycles. The lowest BCUT2D eigenvalue weighted by Crippen LogP contribution is -2.45. The standard InChI is InChI=1S/C27H40O3/c1-8-12-20(2)13-9-10-14-21(3)15-11-16-22(4)24(29)17-25-26(5,6)18-23(28)19-27(25,7)30/h8-11,13-17,23-24,28-30H,1,12,18-19H2,2-7H3/b10-9+,15-11+,20-13+,21-14+,22-16+,25-17-. The average molecular weight is 413 g/mol. The molecule has 3 N–H and O–H groups in total. The van der Waals surface area contributed by atoms with Crippen molar-refractivity contribution in [3.63, 3.8) is 0 Å². The van der Waals surface area contributed by atoms with Crippen LogP contribution in [0.2, 0.25) is 0 Å². The third-order valence-corrected chi connectivity index (χ3v) is 5.51. The lowest BCUT2D eigenvalue weighted by molar-refractivity contribution is -0.0283. The predicted octanol–water partition coefficient (Wildman–Crippen LogP) is 5.73. The highest BCUT2D eigenvalue weighted by Crippen LogP contribution is 2.46. The first-order chi connectivity index (χ1) is 13.9. The van der Waals surface area contributed by atoms with Gasteiger partial charge in [0.15, 0.2) is 0 Å². The monoisotopic (exact) mass is 412 g/mol. The predicted molar refractivity (Wildman–Crippen MR) is 128 cm³/mol. The minimum atomic E-state index is -1.12. The largest absolute Gasteiger partial charge is 0.393 e. The maximum Gasteiger partial charge on any atom is 0.0936 e. The Hall–Kier alpha value is -1.94. The normalized spacial score (nSPS) is 28.5. The van der Waals surface area contributed by atoms with Gasteiger partial charge < -0.3 is 15.3 Å². The topological polar surface area (TPSA) is 60.7 Å². The Morgan fingerprint density at radius 1 is 1.07 bits per heavy atom. The second-order valence-corrected chi connectivity index (χ2v) is 9.32. The molecule has 0 aromatic carbocycles. The van der Waals surface area contributed by atoms with E-state index in [1.54, 1.807) is 13.0 Å². The van der Waals surface area contributed by atoms with Gasteiger partial charge in [-0.15, -0.1) is 6.58 Å². The van der Waals surface area contributed by atoms with Gasteiger partial charge in [-0.25, -0.2) is 0 Å². The molecule has 0 amide bonds. The van der Waals surface area contributed by atoms with Crippen molar-refractivity contribution < 1.29 is 15.3 Å². The second-order valence-electron chi connectivity index (χ2n) is 9.32. The highest BCUT2D eigenvalue weighted by molar-refractivity contribution is 5.32. The maximum absolute atomic E-state index is 10.8. The third-order valence-electron chi connectivity index (χ3n) is 5.51. The molecule has 0 saturated heterocycles. The van der Waals surface area contributed by atoms with E-state index in [-0.39, 0.29) is 11.8 Å². The maximum atomic E-state index is 10.8. The molecule has 1 fully saturated rings. The number of hydrogen-bond donors (Lipinski definition) is 3. The van der Waals surface area contributed by atoms with Gasteiger partial charge in [0.2, 0.25) is 0 Å². The summed E-state index contributed by atoms with van der Waals surface area (Å²) in [6, 6.07) is 0. The summed E-state index contributed by atoms with van der Waals surface area (Å²) < 4.78 is 0. The first kappa shape index (κ1) is 26.1. The number of aliphatic hydroxyl groups is 3. The van der Waals surface area contributed by atoms with E-state index in [1.807, 2.05) is 70.2 Å².